The van der Waals surface area contributed by atoms with E-state index in [-0.39, 0.29) is 4.83 Å². The van der Waals surface area contributed by atoms with Gasteiger partial charge in [0.15, 0.2) is 0 Å². The average Bonchev–Trinajstić information content (AvgIpc) is 2.47. The van der Waals surface area contributed by atoms with Gasteiger partial charge in [0.25, 0.3) is 0 Å². The molecule has 20 heavy (non-hydrogen) atoms. The molecule has 0 spiro atoms. The topological polar surface area (TPSA) is 0 Å². The summed E-state index contributed by atoms with van der Waals surface area (Å²) in [6, 6.07) is 21.4. The van der Waals surface area contributed by atoms with Crippen molar-refractivity contribution in [1.82, 2.24) is 0 Å². The maximum absolute atomic E-state index is 3.79. The molecular weight excluding hydrogens is 444 g/mol. The molecule has 0 nitrogen and oxygen atoms in total. The van der Waals surface area contributed by atoms with E-state index in [1.165, 1.54) is 21.9 Å². The molecule has 1 unspecified atom stereocenters. The Morgan fingerprint density at radius 2 is 1.15 bits per heavy atom. The second-order valence-corrected chi connectivity index (χ2v) is 7.41. The summed E-state index contributed by atoms with van der Waals surface area (Å²) in [7, 11) is 0. The molecule has 0 aliphatic heterocycles. The van der Waals surface area contributed by atoms with Crippen molar-refractivity contribution >= 4 is 58.6 Å². The first-order chi connectivity index (χ1) is 9.63. The number of hydrogen-bond acceptors (Lipinski definition) is 0. The molecule has 3 aromatic carbocycles. The highest BCUT2D eigenvalue weighted by molar-refractivity contribution is 9.10. The van der Waals surface area contributed by atoms with Gasteiger partial charge in [0, 0.05) is 8.95 Å². The SMILES string of the molecule is Brc1ccc(C(Br)c2ccc3cc(Br)ccc3c2)cc1. The van der Waals surface area contributed by atoms with Gasteiger partial charge >= 0.3 is 0 Å². The van der Waals surface area contributed by atoms with E-state index in [4.69, 9.17) is 0 Å². The zero-order chi connectivity index (χ0) is 14.1. The van der Waals surface area contributed by atoms with Gasteiger partial charge < -0.3 is 0 Å². The van der Waals surface area contributed by atoms with Gasteiger partial charge in [0.1, 0.15) is 0 Å². The van der Waals surface area contributed by atoms with Crippen LogP contribution in [0.15, 0.2) is 69.6 Å². The Hall–Kier alpha value is -0.640. The predicted molar refractivity (Wildman–Crippen MR) is 96.6 cm³/mol. The fraction of sp³-hybridized carbons (Fsp3) is 0.0588. The lowest BCUT2D eigenvalue weighted by molar-refractivity contribution is 1.18. The van der Waals surface area contributed by atoms with Crippen LogP contribution in [0, 0.1) is 0 Å². The first kappa shape index (κ1) is 14.3. The zero-order valence-corrected chi connectivity index (χ0v) is 15.2. The molecule has 1 atom stereocenters. The fourth-order valence-electron chi connectivity index (χ4n) is 2.22. The van der Waals surface area contributed by atoms with E-state index >= 15 is 0 Å². The normalized spacial score (nSPS) is 12.6. The Kier molecular flexibility index (Phi) is 4.29. The summed E-state index contributed by atoms with van der Waals surface area (Å²) in [5.41, 5.74) is 2.52. The third kappa shape index (κ3) is 3.00. The molecule has 0 N–H and O–H groups in total. The van der Waals surface area contributed by atoms with Crippen LogP contribution in [0.5, 0.6) is 0 Å². The summed E-state index contributed by atoms with van der Waals surface area (Å²) in [6.07, 6.45) is 0. The fourth-order valence-corrected chi connectivity index (χ4v) is 3.45. The number of alkyl halides is 1. The second-order valence-electron chi connectivity index (χ2n) is 4.67. The highest BCUT2D eigenvalue weighted by Crippen LogP contribution is 2.33. The lowest BCUT2D eigenvalue weighted by Gasteiger charge is -2.12. The van der Waals surface area contributed by atoms with Crippen LogP contribution in [-0.2, 0) is 0 Å². The van der Waals surface area contributed by atoms with Crippen molar-refractivity contribution < 1.29 is 0 Å². The summed E-state index contributed by atoms with van der Waals surface area (Å²) in [6.45, 7) is 0. The number of fused-ring (bicyclic) bond motifs is 1. The van der Waals surface area contributed by atoms with Gasteiger partial charge in [-0.3, -0.25) is 0 Å². The van der Waals surface area contributed by atoms with E-state index < -0.39 is 0 Å². The molecule has 3 heteroatoms. The highest BCUT2D eigenvalue weighted by atomic mass is 79.9. The van der Waals surface area contributed by atoms with E-state index in [1.54, 1.807) is 0 Å². The molecule has 3 rings (SSSR count). The van der Waals surface area contributed by atoms with Crippen molar-refractivity contribution in [3.63, 3.8) is 0 Å². The van der Waals surface area contributed by atoms with Crippen molar-refractivity contribution in [1.29, 1.82) is 0 Å². The Labute approximate surface area is 143 Å². The Bertz CT molecular complexity index is 748. The average molecular weight is 455 g/mol. The van der Waals surface area contributed by atoms with Crippen molar-refractivity contribution in [2.75, 3.05) is 0 Å². The van der Waals surface area contributed by atoms with Gasteiger partial charge in [-0.2, -0.15) is 0 Å². The molecule has 0 aliphatic rings. The third-order valence-electron chi connectivity index (χ3n) is 3.28. The van der Waals surface area contributed by atoms with E-state index in [0.29, 0.717) is 0 Å². The van der Waals surface area contributed by atoms with E-state index in [1.807, 2.05) is 0 Å². The van der Waals surface area contributed by atoms with Crippen LogP contribution >= 0.6 is 47.8 Å². The number of halogens is 3. The summed E-state index contributed by atoms with van der Waals surface area (Å²) in [5.74, 6) is 0. The number of hydrogen-bond donors (Lipinski definition) is 0. The quantitative estimate of drug-likeness (QED) is 0.371. The van der Waals surface area contributed by atoms with Crippen molar-refractivity contribution in [3.8, 4) is 0 Å². The van der Waals surface area contributed by atoms with Crippen LogP contribution in [0.1, 0.15) is 16.0 Å². The van der Waals surface area contributed by atoms with Crippen LogP contribution in [0.4, 0.5) is 0 Å². The molecule has 0 heterocycles. The minimum absolute atomic E-state index is 0.212. The molecule has 100 valence electrons. The molecule has 0 fully saturated rings. The van der Waals surface area contributed by atoms with Crippen LogP contribution < -0.4 is 0 Å². The molecule has 0 aliphatic carbocycles. The monoisotopic (exact) mass is 452 g/mol. The van der Waals surface area contributed by atoms with Gasteiger partial charge in [-0.15, -0.1) is 0 Å². The number of benzene rings is 3. The molecule has 0 aromatic heterocycles. The maximum atomic E-state index is 3.79. The summed E-state index contributed by atoms with van der Waals surface area (Å²) >= 11 is 10.8. The molecule has 0 bridgehead atoms. The molecule has 0 saturated carbocycles. The predicted octanol–water partition coefficient (Wildman–Crippen LogP) is 6.85. The van der Waals surface area contributed by atoms with Crippen molar-refractivity contribution in [3.05, 3.63) is 80.7 Å². The van der Waals surface area contributed by atoms with Gasteiger partial charge in [0.2, 0.25) is 0 Å². The van der Waals surface area contributed by atoms with Crippen LogP contribution in [0.25, 0.3) is 10.8 Å². The van der Waals surface area contributed by atoms with Gasteiger partial charge in [-0.1, -0.05) is 78.1 Å². The lowest BCUT2D eigenvalue weighted by Crippen LogP contribution is -1.92. The summed E-state index contributed by atoms with van der Waals surface area (Å²) in [4.78, 5) is 0.212. The number of rotatable bonds is 2. The van der Waals surface area contributed by atoms with Crippen molar-refractivity contribution in [2.45, 2.75) is 4.83 Å². The van der Waals surface area contributed by atoms with Gasteiger partial charge in [-0.05, 0) is 52.2 Å². The third-order valence-corrected chi connectivity index (χ3v) is 5.36. The summed E-state index contributed by atoms with van der Waals surface area (Å²) in [5, 5.41) is 2.51. The Morgan fingerprint density at radius 1 is 0.600 bits per heavy atom. The largest absolute Gasteiger partial charge is 0.0786 e. The van der Waals surface area contributed by atoms with E-state index in [9.17, 15) is 0 Å². The molecule has 0 radical (unpaired) electrons. The minimum atomic E-state index is 0.212. The first-order valence-electron chi connectivity index (χ1n) is 6.22. The zero-order valence-electron chi connectivity index (χ0n) is 10.5. The van der Waals surface area contributed by atoms with Gasteiger partial charge in [0.05, 0.1) is 4.83 Å². The molecule has 3 aromatic rings. The molecule has 0 amide bonds. The molecule has 0 saturated heterocycles. The van der Waals surface area contributed by atoms with Crippen molar-refractivity contribution in [2.24, 2.45) is 0 Å². The standard InChI is InChI=1S/C17H11Br3/c18-15-6-3-11(4-7-15)17(20)14-2-1-13-10-16(19)8-5-12(13)9-14/h1-10,17H. The second kappa shape index (κ2) is 6.00. The van der Waals surface area contributed by atoms with Crippen LogP contribution in [0.3, 0.4) is 0 Å². The molecular formula is C17H11Br3. The smallest absolute Gasteiger partial charge is 0.0644 e. The van der Waals surface area contributed by atoms with Gasteiger partial charge in [-0.25, -0.2) is 0 Å². The first-order valence-corrected chi connectivity index (χ1v) is 8.72. The maximum Gasteiger partial charge on any atom is 0.0644 e. The Balaban J connectivity index is 2.01. The summed E-state index contributed by atoms with van der Waals surface area (Å²) < 4.78 is 2.21. The van der Waals surface area contributed by atoms with Crippen LogP contribution in [-0.4, -0.2) is 0 Å². The van der Waals surface area contributed by atoms with E-state index in [0.717, 1.165) is 8.95 Å². The van der Waals surface area contributed by atoms with E-state index in [2.05, 4.69) is 108 Å². The Morgan fingerprint density at radius 3 is 1.90 bits per heavy atom. The minimum Gasteiger partial charge on any atom is -0.0786 e. The van der Waals surface area contributed by atoms with Crippen LogP contribution in [0.2, 0.25) is 0 Å². The lowest BCUT2D eigenvalue weighted by atomic mass is 10.0. The highest BCUT2D eigenvalue weighted by Gasteiger charge is 2.10.